The van der Waals surface area contributed by atoms with Crippen LogP contribution in [0.4, 0.5) is 0 Å². The lowest BCUT2D eigenvalue weighted by Gasteiger charge is -2.13. The van der Waals surface area contributed by atoms with E-state index in [1.54, 1.807) is 11.3 Å². The second-order valence-electron chi connectivity index (χ2n) is 4.94. The van der Waals surface area contributed by atoms with Gasteiger partial charge in [0, 0.05) is 11.8 Å². The van der Waals surface area contributed by atoms with Crippen molar-refractivity contribution in [2.75, 3.05) is 5.75 Å². The molecule has 0 aliphatic heterocycles. The van der Waals surface area contributed by atoms with Crippen LogP contribution < -0.4 is 5.73 Å². The van der Waals surface area contributed by atoms with Crippen LogP contribution in [0.2, 0.25) is 0 Å². The van der Waals surface area contributed by atoms with Crippen LogP contribution >= 0.6 is 23.1 Å². The number of fused-ring (bicyclic) bond motifs is 1. The molecular weight excluding hydrogens is 260 g/mol. The van der Waals surface area contributed by atoms with Gasteiger partial charge >= 0.3 is 0 Å². The Morgan fingerprint density at radius 1 is 1.33 bits per heavy atom. The molecule has 2 aromatic rings. The Kier molecular flexibility index (Phi) is 3.87. The number of thiazole rings is 1. The van der Waals surface area contributed by atoms with Gasteiger partial charge in [-0.25, -0.2) is 4.98 Å². The predicted molar refractivity (Wildman–Crippen MR) is 80.3 cm³/mol. The molecule has 0 amide bonds. The average molecular weight is 278 g/mol. The van der Waals surface area contributed by atoms with E-state index >= 15 is 0 Å². The Labute approximate surface area is 116 Å². The van der Waals surface area contributed by atoms with Crippen molar-refractivity contribution < 1.29 is 0 Å². The fourth-order valence-electron chi connectivity index (χ4n) is 2.63. The van der Waals surface area contributed by atoms with Crippen LogP contribution in [0.1, 0.15) is 25.7 Å². The van der Waals surface area contributed by atoms with E-state index in [0.717, 1.165) is 17.2 Å². The molecule has 1 aromatic heterocycles. The van der Waals surface area contributed by atoms with Gasteiger partial charge in [-0.05, 0) is 37.3 Å². The summed E-state index contributed by atoms with van der Waals surface area (Å²) in [5.74, 6) is 1.89. The number of nitrogens with zero attached hydrogens (tertiary/aromatic N) is 1. The molecule has 2 nitrogen and oxygen atoms in total. The summed E-state index contributed by atoms with van der Waals surface area (Å²) in [7, 11) is 0. The molecule has 3 rings (SSSR count). The van der Waals surface area contributed by atoms with Crippen molar-refractivity contribution in [2.24, 2.45) is 11.7 Å². The molecule has 0 saturated heterocycles. The third-order valence-electron chi connectivity index (χ3n) is 3.71. The predicted octanol–water partition coefficient (Wildman–Crippen LogP) is 3.91. The molecule has 0 radical (unpaired) electrons. The van der Waals surface area contributed by atoms with E-state index in [1.807, 2.05) is 17.8 Å². The van der Waals surface area contributed by atoms with Gasteiger partial charge in [-0.2, -0.15) is 0 Å². The monoisotopic (exact) mass is 278 g/mol. The smallest absolute Gasteiger partial charge is 0.151 e. The van der Waals surface area contributed by atoms with E-state index in [2.05, 4.69) is 23.2 Å². The average Bonchev–Trinajstić information content (AvgIpc) is 2.96. The van der Waals surface area contributed by atoms with Crippen molar-refractivity contribution in [1.29, 1.82) is 0 Å². The molecule has 1 fully saturated rings. The maximum Gasteiger partial charge on any atom is 0.151 e. The molecular formula is C14H18N2S2. The maximum absolute atomic E-state index is 6.10. The van der Waals surface area contributed by atoms with Crippen molar-refractivity contribution in [1.82, 2.24) is 4.98 Å². The van der Waals surface area contributed by atoms with Gasteiger partial charge in [0.2, 0.25) is 0 Å². The van der Waals surface area contributed by atoms with Gasteiger partial charge < -0.3 is 5.73 Å². The summed E-state index contributed by atoms with van der Waals surface area (Å²) >= 11 is 3.69. The molecule has 1 saturated carbocycles. The third kappa shape index (κ3) is 2.71. The van der Waals surface area contributed by atoms with Gasteiger partial charge in [-0.3, -0.25) is 0 Å². The summed E-state index contributed by atoms with van der Waals surface area (Å²) in [5, 5.41) is 0. The minimum Gasteiger partial charge on any atom is -0.327 e. The van der Waals surface area contributed by atoms with Gasteiger partial charge in [-0.1, -0.05) is 30.3 Å². The van der Waals surface area contributed by atoms with Gasteiger partial charge in [0.05, 0.1) is 10.2 Å². The van der Waals surface area contributed by atoms with E-state index < -0.39 is 0 Å². The summed E-state index contributed by atoms with van der Waals surface area (Å²) in [6.07, 6.45) is 5.09. The molecule has 96 valence electrons. The summed E-state index contributed by atoms with van der Waals surface area (Å²) in [6, 6.07) is 8.80. The second-order valence-corrected chi connectivity index (χ2v) is 7.31. The van der Waals surface area contributed by atoms with E-state index in [4.69, 9.17) is 5.73 Å². The minimum atomic E-state index is 0.445. The molecule has 4 heteroatoms. The Bertz CT molecular complexity index is 490. The first-order valence-corrected chi connectivity index (χ1v) is 8.37. The number of thioether (sulfide) groups is 1. The standard InChI is InChI=1S/C14H18N2S2/c15-11-5-3-4-10(11)8-9-17-14-16-12-6-1-2-7-13(12)18-14/h1-2,6-7,10-11H,3-5,8-9,15H2. The quantitative estimate of drug-likeness (QED) is 0.862. The first-order valence-electron chi connectivity index (χ1n) is 6.57. The van der Waals surface area contributed by atoms with Crippen molar-refractivity contribution >= 4 is 33.3 Å². The number of aromatic nitrogens is 1. The third-order valence-corrected chi connectivity index (χ3v) is 5.92. The van der Waals surface area contributed by atoms with E-state index in [-0.39, 0.29) is 0 Å². The minimum absolute atomic E-state index is 0.445. The second kappa shape index (κ2) is 5.59. The van der Waals surface area contributed by atoms with Crippen LogP contribution in [-0.2, 0) is 0 Å². The molecule has 1 aliphatic rings. The van der Waals surface area contributed by atoms with Crippen LogP contribution in [-0.4, -0.2) is 16.8 Å². The highest BCUT2D eigenvalue weighted by Gasteiger charge is 2.23. The van der Waals surface area contributed by atoms with E-state index in [1.165, 1.54) is 34.7 Å². The zero-order valence-electron chi connectivity index (χ0n) is 10.3. The number of hydrogen-bond donors (Lipinski definition) is 1. The summed E-state index contributed by atoms with van der Waals surface area (Å²) < 4.78 is 2.49. The Hall–Kier alpha value is -0.580. The molecule has 0 spiro atoms. The summed E-state index contributed by atoms with van der Waals surface area (Å²) in [5.41, 5.74) is 7.22. The molecule has 18 heavy (non-hydrogen) atoms. The van der Waals surface area contributed by atoms with E-state index in [0.29, 0.717) is 6.04 Å². The lowest BCUT2D eigenvalue weighted by Crippen LogP contribution is -2.24. The fourth-order valence-corrected chi connectivity index (χ4v) is 4.84. The number of rotatable bonds is 4. The first-order chi connectivity index (χ1) is 8.83. The van der Waals surface area contributed by atoms with Gasteiger partial charge in [0.25, 0.3) is 0 Å². The first kappa shape index (κ1) is 12.5. The molecule has 2 unspecified atom stereocenters. The van der Waals surface area contributed by atoms with Gasteiger partial charge in [0.1, 0.15) is 0 Å². The van der Waals surface area contributed by atoms with Crippen LogP contribution in [0.15, 0.2) is 28.6 Å². The molecule has 1 aromatic carbocycles. The highest BCUT2D eigenvalue weighted by Crippen LogP contribution is 2.32. The zero-order chi connectivity index (χ0) is 12.4. The lowest BCUT2D eigenvalue weighted by molar-refractivity contribution is 0.470. The van der Waals surface area contributed by atoms with Crippen molar-refractivity contribution in [3.05, 3.63) is 24.3 Å². The molecule has 1 heterocycles. The van der Waals surface area contributed by atoms with Crippen molar-refractivity contribution in [3.63, 3.8) is 0 Å². The molecule has 1 aliphatic carbocycles. The molecule has 2 N–H and O–H groups in total. The molecule has 2 atom stereocenters. The van der Waals surface area contributed by atoms with E-state index in [9.17, 15) is 0 Å². The zero-order valence-corrected chi connectivity index (χ0v) is 12.0. The van der Waals surface area contributed by atoms with Crippen molar-refractivity contribution in [3.8, 4) is 0 Å². The highest BCUT2D eigenvalue weighted by molar-refractivity contribution is 8.01. The largest absolute Gasteiger partial charge is 0.327 e. The van der Waals surface area contributed by atoms with Gasteiger partial charge in [0.15, 0.2) is 4.34 Å². The van der Waals surface area contributed by atoms with Gasteiger partial charge in [-0.15, -0.1) is 11.3 Å². The number of nitrogens with two attached hydrogens (primary N) is 1. The Morgan fingerprint density at radius 3 is 3.00 bits per heavy atom. The SMILES string of the molecule is NC1CCCC1CCSc1nc2ccccc2s1. The van der Waals surface area contributed by atoms with Crippen LogP contribution in [0.3, 0.4) is 0 Å². The highest BCUT2D eigenvalue weighted by atomic mass is 32.2. The van der Waals surface area contributed by atoms with Crippen LogP contribution in [0.5, 0.6) is 0 Å². The van der Waals surface area contributed by atoms with Crippen LogP contribution in [0.25, 0.3) is 10.2 Å². The molecule has 0 bridgehead atoms. The fraction of sp³-hybridized carbons (Fsp3) is 0.500. The Balaban J connectivity index is 1.56. The van der Waals surface area contributed by atoms with Crippen molar-refractivity contribution in [2.45, 2.75) is 36.1 Å². The number of para-hydroxylation sites is 1. The Morgan fingerprint density at radius 2 is 2.22 bits per heavy atom. The van der Waals surface area contributed by atoms with Crippen LogP contribution in [0, 0.1) is 5.92 Å². The summed E-state index contributed by atoms with van der Waals surface area (Å²) in [4.78, 5) is 4.65. The normalized spacial score (nSPS) is 23.8. The lowest BCUT2D eigenvalue weighted by atomic mass is 10.0. The summed E-state index contributed by atoms with van der Waals surface area (Å²) in [6.45, 7) is 0. The maximum atomic E-state index is 6.10. The topological polar surface area (TPSA) is 38.9 Å². The number of hydrogen-bond acceptors (Lipinski definition) is 4. The number of benzene rings is 1.